The molecule has 0 aliphatic heterocycles. The Kier molecular flexibility index (Phi) is 9.76. The van der Waals surface area contributed by atoms with Gasteiger partial charge in [-0.3, -0.25) is 0 Å². The van der Waals surface area contributed by atoms with Gasteiger partial charge in [-0.05, 0) is 37.3 Å². The zero-order chi connectivity index (χ0) is 14.0. The minimum atomic E-state index is 0.235. The number of nitrogens with one attached hydrogen (secondary N) is 1. The predicted octanol–water partition coefficient (Wildman–Crippen LogP) is 3.95. The van der Waals surface area contributed by atoms with E-state index in [4.69, 9.17) is 5.73 Å². The van der Waals surface area contributed by atoms with Crippen LogP contribution in [0.5, 0.6) is 0 Å². The smallest absolute Gasteiger partial charge is 0.00997 e. The second-order valence-electron chi connectivity index (χ2n) is 7.11. The highest BCUT2D eigenvalue weighted by Gasteiger charge is 2.19. The average Bonchev–Trinajstić information content (AvgIpc) is 2.24. The Morgan fingerprint density at radius 3 is 2.06 bits per heavy atom. The summed E-state index contributed by atoms with van der Waals surface area (Å²) in [5.41, 5.74) is 6.35. The molecule has 0 saturated heterocycles. The fourth-order valence-electron chi connectivity index (χ4n) is 1.97. The molecule has 0 aliphatic carbocycles. The van der Waals surface area contributed by atoms with Gasteiger partial charge in [-0.1, -0.05) is 60.3 Å². The molecule has 110 valence electrons. The normalized spacial score (nSPS) is 14.2. The van der Waals surface area contributed by atoms with E-state index in [0.717, 1.165) is 25.4 Å². The lowest BCUT2D eigenvalue weighted by Gasteiger charge is -2.27. The van der Waals surface area contributed by atoms with Gasteiger partial charge in [0.2, 0.25) is 0 Å². The van der Waals surface area contributed by atoms with Gasteiger partial charge in [0.25, 0.3) is 0 Å². The molecule has 2 heteroatoms. The molecule has 0 aromatic rings. The summed E-state index contributed by atoms with van der Waals surface area (Å²) in [5, 5.41) is 3.51. The molecule has 0 amide bonds. The van der Waals surface area contributed by atoms with E-state index in [2.05, 4.69) is 39.9 Å². The zero-order valence-electron chi connectivity index (χ0n) is 13.4. The molecular weight excluding hydrogens is 220 g/mol. The summed E-state index contributed by atoms with van der Waals surface area (Å²) in [6.07, 6.45) is 7.92. The van der Waals surface area contributed by atoms with Crippen molar-refractivity contribution in [3.63, 3.8) is 0 Å². The van der Waals surface area contributed by atoms with Gasteiger partial charge in [0.1, 0.15) is 0 Å². The third kappa shape index (κ3) is 11.0. The Morgan fingerprint density at radius 1 is 0.889 bits per heavy atom. The SMILES string of the molecule is CC(C)CCCCCCNCCC(N)C(C)(C)C. The lowest BCUT2D eigenvalue weighted by Crippen LogP contribution is -2.37. The van der Waals surface area contributed by atoms with Crippen molar-refractivity contribution in [2.75, 3.05) is 13.1 Å². The van der Waals surface area contributed by atoms with Gasteiger partial charge < -0.3 is 11.1 Å². The highest BCUT2D eigenvalue weighted by molar-refractivity contribution is 4.77. The third-order valence-electron chi connectivity index (χ3n) is 3.63. The van der Waals surface area contributed by atoms with E-state index in [-0.39, 0.29) is 5.41 Å². The van der Waals surface area contributed by atoms with Gasteiger partial charge in [-0.25, -0.2) is 0 Å². The highest BCUT2D eigenvalue weighted by atomic mass is 14.9. The maximum atomic E-state index is 6.12. The van der Waals surface area contributed by atoms with Crippen molar-refractivity contribution >= 4 is 0 Å². The van der Waals surface area contributed by atoms with E-state index in [0.29, 0.717) is 6.04 Å². The number of hydrogen-bond acceptors (Lipinski definition) is 2. The molecule has 2 nitrogen and oxygen atoms in total. The van der Waals surface area contributed by atoms with E-state index < -0.39 is 0 Å². The summed E-state index contributed by atoms with van der Waals surface area (Å²) in [6, 6.07) is 0.302. The monoisotopic (exact) mass is 256 g/mol. The predicted molar refractivity (Wildman–Crippen MR) is 82.8 cm³/mol. The van der Waals surface area contributed by atoms with Crippen molar-refractivity contribution in [1.29, 1.82) is 0 Å². The largest absolute Gasteiger partial charge is 0.327 e. The van der Waals surface area contributed by atoms with Gasteiger partial charge in [0.05, 0.1) is 0 Å². The minimum absolute atomic E-state index is 0.235. The van der Waals surface area contributed by atoms with Gasteiger partial charge in [0, 0.05) is 6.04 Å². The lowest BCUT2D eigenvalue weighted by molar-refractivity contribution is 0.302. The highest BCUT2D eigenvalue weighted by Crippen LogP contribution is 2.19. The van der Waals surface area contributed by atoms with Crippen LogP contribution in [0.1, 0.15) is 73.1 Å². The molecule has 0 aliphatic rings. The Hall–Kier alpha value is -0.0800. The van der Waals surface area contributed by atoms with Crippen LogP contribution in [0.2, 0.25) is 0 Å². The van der Waals surface area contributed by atoms with Crippen LogP contribution in [0.15, 0.2) is 0 Å². The molecular formula is C16H36N2. The zero-order valence-corrected chi connectivity index (χ0v) is 13.4. The van der Waals surface area contributed by atoms with Gasteiger partial charge in [0.15, 0.2) is 0 Å². The molecule has 0 fully saturated rings. The number of unbranched alkanes of at least 4 members (excludes halogenated alkanes) is 3. The van der Waals surface area contributed by atoms with Crippen molar-refractivity contribution < 1.29 is 0 Å². The van der Waals surface area contributed by atoms with Crippen molar-refractivity contribution in [1.82, 2.24) is 5.32 Å². The van der Waals surface area contributed by atoms with Crippen LogP contribution in [0.3, 0.4) is 0 Å². The van der Waals surface area contributed by atoms with E-state index in [1.807, 2.05) is 0 Å². The van der Waals surface area contributed by atoms with Crippen molar-refractivity contribution in [3.05, 3.63) is 0 Å². The number of hydrogen-bond donors (Lipinski definition) is 2. The molecule has 0 spiro atoms. The first kappa shape index (κ1) is 17.9. The molecule has 0 aromatic carbocycles. The maximum absolute atomic E-state index is 6.12. The van der Waals surface area contributed by atoms with Crippen molar-refractivity contribution in [2.24, 2.45) is 17.1 Å². The molecule has 1 atom stereocenters. The minimum Gasteiger partial charge on any atom is -0.327 e. The van der Waals surface area contributed by atoms with E-state index >= 15 is 0 Å². The lowest BCUT2D eigenvalue weighted by atomic mass is 9.85. The molecule has 0 radical (unpaired) electrons. The van der Waals surface area contributed by atoms with Crippen LogP contribution in [-0.2, 0) is 0 Å². The van der Waals surface area contributed by atoms with Gasteiger partial charge in [-0.2, -0.15) is 0 Å². The fraction of sp³-hybridized carbons (Fsp3) is 1.00. The summed E-state index contributed by atoms with van der Waals surface area (Å²) in [5.74, 6) is 0.863. The summed E-state index contributed by atoms with van der Waals surface area (Å²) >= 11 is 0. The van der Waals surface area contributed by atoms with Gasteiger partial charge in [-0.15, -0.1) is 0 Å². The second kappa shape index (κ2) is 9.80. The van der Waals surface area contributed by atoms with Crippen LogP contribution in [-0.4, -0.2) is 19.1 Å². The topological polar surface area (TPSA) is 38.0 Å². The summed E-state index contributed by atoms with van der Waals surface area (Å²) in [6.45, 7) is 13.5. The number of nitrogens with two attached hydrogens (primary N) is 1. The van der Waals surface area contributed by atoms with Crippen LogP contribution >= 0.6 is 0 Å². The maximum Gasteiger partial charge on any atom is 0.00997 e. The van der Waals surface area contributed by atoms with Crippen LogP contribution < -0.4 is 11.1 Å². The first-order chi connectivity index (χ1) is 8.34. The van der Waals surface area contributed by atoms with E-state index in [9.17, 15) is 0 Å². The van der Waals surface area contributed by atoms with Crippen LogP contribution in [0.4, 0.5) is 0 Å². The van der Waals surface area contributed by atoms with Crippen LogP contribution in [0, 0.1) is 11.3 Å². The molecule has 0 aromatic heterocycles. The van der Waals surface area contributed by atoms with Crippen molar-refractivity contribution in [2.45, 2.75) is 79.2 Å². The van der Waals surface area contributed by atoms with E-state index in [1.165, 1.54) is 32.1 Å². The standard InChI is InChI=1S/C16H36N2/c1-14(2)10-8-6-7-9-12-18-13-11-15(17)16(3,4)5/h14-15,18H,6-13,17H2,1-5H3. The second-order valence-corrected chi connectivity index (χ2v) is 7.11. The molecule has 0 heterocycles. The Morgan fingerprint density at radius 2 is 1.50 bits per heavy atom. The quantitative estimate of drug-likeness (QED) is 0.581. The first-order valence-corrected chi connectivity index (χ1v) is 7.80. The fourth-order valence-corrected chi connectivity index (χ4v) is 1.97. The molecule has 1 unspecified atom stereocenters. The Bertz CT molecular complexity index is 182. The van der Waals surface area contributed by atoms with Crippen molar-refractivity contribution in [3.8, 4) is 0 Å². The summed E-state index contributed by atoms with van der Waals surface area (Å²) < 4.78 is 0. The summed E-state index contributed by atoms with van der Waals surface area (Å²) in [4.78, 5) is 0. The third-order valence-corrected chi connectivity index (χ3v) is 3.63. The Balaban J connectivity index is 3.22. The summed E-state index contributed by atoms with van der Waals surface area (Å²) in [7, 11) is 0. The van der Waals surface area contributed by atoms with Crippen LogP contribution in [0.25, 0.3) is 0 Å². The number of rotatable bonds is 10. The van der Waals surface area contributed by atoms with E-state index in [1.54, 1.807) is 0 Å². The average molecular weight is 256 g/mol. The molecule has 0 rings (SSSR count). The molecule has 18 heavy (non-hydrogen) atoms. The molecule has 3 N–H and O–H groups in total. The Labute approximate surface area is 115 Å². The first-order valence-electron chi connectivity index (χ1n) is 7.80. The van der Waals surface area contributed by atoms with Gasteiger partial charge >= 0.3 is 0 Å². The molecule has 0 saturated carbocycles. The molecule has 0 bridgehead atoms.